The molecule has 0 spiro atoms. The largest absolute Gasteiger partial charge is 0.355 e. The molecule has 0 aliphatic heterocycles. The fraction of sp³-hybridized carbons (Fsp3) is 0.500. The second-order valence-corrected chi connectivity index (χ2v) is 5.93. The summed E-state index contributed by atoms with van der Waals surface area (Å²) >= 11 is 7.36. The fourth-order valence-corrected chi connectivity index (χ4v) is 2.21. The van der Waals surface area contributed by atoms with Gasteiger partial charge in [-0.2, -0.15) is 0 Å². The van der Waals surface area contributed by atoms with Crippen LogP contribution in [0.1, 0.15) is 20.8 Å². The Kier molecular flexibility index (Phi) is 5.78. The van der Waals surface area contributed by atoms with E-state index in [4.69, 9.17) is 11.6 Å². The molecule has 1 heterocycles. The molecule has 0 radical (unpaired) electrons. The van der Waals surface area contributed by atoms with Crippen LogP contribution in [-0.4, -0.2) is 22.7 Å². The second-order valence-electron chi connectivity index (χ2n) is 4.19. The molecule has 94 valence electrons. The number of carbonyl (C=O) groups is 1. The van der Waals surface area contributed by atoms with Crippen LogP contribution >= 0.6 is 23.4 Å². The number of nitrogens with one attached hydrogen (secondary N) is 1. The van der Waals surface area contributed by atoms with Gasteiger partial charge in [-0.05, 0) is 25.0 Å². The number of hydrogen-bond acceptors (Lipinski definition) is 3. The molecular weight excluding hydrogens is 256 g/mol. The number of carbonyl (C=O) groups excluding carboxylic acids is 1. The molecule has 0 saturated carbocycles. The van der Waals surface area contributed by atoms with Crippen LogP contribution in [0.4, 0.5) is 0 Å². The predicted molar refractivity (Wildman–Crippen MR) is 72.4 cm³/mol. The maximum atomic E-state index is 11.8. The van der Waals surface area contributed by atoms with Crippen molar-refractivity contribution in [2.45, 2.75) is 31.0 Å². The van der Waals surface area contributed by atoms with Gasteiger partial charge in [0.25, 0.3) is 0 Å². The van der Waals surface area contributed by atoms with Gasteiger partial charge in [0.2, 0.25) is 5.91 Å². The molecule has 1 unspecified atom stereocenters. The molecule has 1 rings (SSSR count). The molecule has 0 bridgehead atoms. The SMILES string of the molecule is CC(C)CNC(=O)C(C)Sc1ncccc1Cl. The van der Waals surface area contributed by atoms with Crippen LogP contribution in [0.25, 0.3) is 0 Å². The summed E-state index contributed by atoms with van der Waals surface area (Å²) in [5.41, 5.74) is 0. The van der Waals surface area contributed by atoms with Crippen molar-refractivity contribution < 1.29 is 4.79 Å². The predicted octanol–water partition coefficient (Wildman–Crippen LogP) is 2.99. The lowest BCUT2D eigenvalue weighted by molar-refractivity contribution is -0.120. The number of amides is 1. The first-order chi connectivity index (χ1) is 8.00. The number of nitrogens with zero attached hydrogens (tertiary/aromatic N) is 1. The molecule has 3 nitrogen and oxygen atoms in total. The Hall–Kier alpha value is -0.740. The highest BCUT2D eigenvalue weighted by atomic mass is 35.5. The minimum absolute atomic E-state index is 0.0189. The second kappa shape index (κ2) is 6.87. The van der Waals surface area contributed by atoms with Crippen LogP contribution in [0, 0.1) is 5.92 Å². The maximum Gasteiger partial charge on any atom is 0.233 e. The Labute approximate surface area is 111 Å². The lowest BCUT2D eigenvalue weighted by Crippen LogP contribution is -2.33. The van der Waals surface area contributed by atoms with E-state index in [2.05, 4.69) is 24.1 Å². The lowest BCUT2D eigenvalue weighted by atomic mass is 10.2. The Morgan fingerprint density at radius 3 is 2.82 bits per heavy atom. The van der Waals surface area contributed by atoms with Crippen molar-refractivity contribution in [3.8, 4) is 0 Å². The average molecular weight is 273 g/mol. The minimum atomic E-state index is -0.193. The number of pyridine rings is 1. The first-order valence-electron chi connectivity index (χ1n) is 5.55. The highest BCUT2D eigenvalue weighted by Crippen LogP contribution is 2.27. The molecular formula is C12H17ClN2OS. The van der Waals surface area contributed by atoms with Crippen molar-refractivity contribution in [1.82, 2.24) is 10.3 Å². The number of aromatic nitrogens is 1. The smallest absolute Gasteiger partial charge is 0.233 e. The fourth-order valence-electron chi connectivity index (χ4n) is 1.13. The Morgan fingerprint density at radius 1 is 1.53 bits per heavy atom. The molecule has 1 atom stereocenters. The van der Waals surface area contributed by atoms with E-state index in [9.17, 15) is 4.79 Å². The van der Waals surface area contributed by atoms with Gasteiger partial charge in [-0.3, -0.25) is 4.79 Å². The summed E-state index contributed by atoms with van der Waals surface area (Å²) < 4.78 is 0. The van der Waals surface area contributed by atoms with E-state index in [1.54, 1.807) is 18.3 Å². The summed E-state index contributed by atoms with van der Waals surface area (Å²) in [4.78, 5) is 15.9. The third-order valence-corrected chi connectivity index (χ3v) is 3.60. The third kappa shape index (κ3) is 4.96. The van der Waals surface area contributed by atoms with Crippen molar-refractivity contribution in [3.63, 3.8) is 0 Å². The van der Waals surface area contributed by atoms with Crippen molar-refractivity contribution in [2.24, 2.45) is 5.92 Å². The van der Waals surface area contributed by atoms with Crippen molar-refractivity contribution in [3.05, 3.63) is 23.4 Å². The molecule has 0 aliphatic carbocycles. The van der Waals surface area contributed by atoms with Crippen LogP contribution in [-0.2, 0) is 4.79 Å². The van der Waals surface area contributed by atoms with E-state index in [1.165, 1.54) is 11.8 Å². The maximum absolute atomic E-state index is 11.8. The molecule has 0 aromatic carbocycles. The van der Waals surface area contributed by atoms with Crippen LogP contribution in [0.5, 0.6) is 0 Å². The van der Waals surface area contributed by atoms with Gasteiger partial charge in [-0.25, -0.2) is 4.98 Å². The summed E-state index contributed by atoms with van der Waals surface area (Å²) in [6.07, 6.45) is 1.67. The Balaban J connectivity index is 2.51. The van der Waals surface area contributed by atoms with Gasteiger partial charge in [-0.1, -0.05) is 37.2 Å². The van der Waals surface area contributed by atoms with E-state index in [-0.39, 0.29) is 11.2 Å². The van der Waals surface area contributed by atoms with Gasteiger partial charge in [0.05, 0.1) is 10.3 Å². The van der Waals surface area contributed by atoms with Crippen LogP contribution < -0.4 is 5.32 Å². The number of halogens is 1. The Bertz CT molecular complexity index is 385. The van der Waals surface area contributed by atoms with E-state index in [0.29, 0.717) is 22.5 Å². The molecule has 1 amide bonds. The third-order valence-electron chi connectivity index (χ3n) is 2.07. The average Bonchev–Trinajstić information content (AvgIpc) is 2.28. The van der Waals surface area contributed by atoms with Crippen LogP contribution in [0.3, 0.4) is 0 Å². The highest BCUT2D eigenvalue weighted by Gasteiger charge is 2.16. The summed E-state index contributed by atoms with van der Waals surface area (Å²) in [5, 5.41) is 3.98. The lowest BCUT2D eigenvalue weighted by Gasteiger charge is -2.13. The summed E-state index contributed by atoms with van der Waals surface area (Å²) in [7, 11) is 0. The van der Waals surface area contributed by atoms with E-state index in [0.717, 1.165) is 0 Å². The minimum Gasteiger partial charge on any atom is -0.355 e. The van der Waals surface area contributed by atoms with Crippen LogP contribution in [0.2, 0.25) is 5.02 Å². The summed E-state index contributed by atoms with van der Waals surface area (Å²) in [6.45, 7) is 6.67. The zero-order chi connectivity index (χ0) is 12.8. The first kappa shape index (κ1) is 14.3. The molecule has 5 heteroatoms. The highest BCUT2D eigenvalue weighted by molar-refractivity contribution is 8.00. The van der Waals surface area contributed by atoms with Gasteiger partial charge < -0.3 is 5.32 Å². The monoisotopic (exact) mass is 272 g/mol. The molecule has 1 aromatic rings. The van der Waals surface area contributed by atoms with Gasteiger partial charge in [0, 0.05) is 12.7 Å². The molecule has 0 saturated heterocycles. The Morgan fingerprint density at radius 2 is 2.24 bits per heavy atom. The molecule has 17 heavy (non-hydrogen) atoms. The normalized spacial score (nSPS) is 12.5. The van der Waals surface area contributed by atoms with Gasteiger partial charge >= 0.3 is 0 Å². The summed E-state index contributed by atoms with van der Waals surface area (Å²) in [6, 6.07) is 3.55. The van der Waals surface area contributed by atoms with E-state index in [1.807, 2.05) is 6.92 Å². The van der Waals surface area contributed by atoms with Crippen molar-refractivity contribution in [1.29, 1.82) is 0 Å². The zero-order valence-electron chi connectivity index (χ0n) is 10.2. The first-order valence-corrected chi connectivity index (χ1v) is 6.81. The molecule has 1 N–H and O–H groups in total. The topological polar surface area (TPSA) is 42.0 Å². The van der Waals surface area contributed by atoms with Crippen molar-refractivity contribution >= 4 is 29.3 Å². The molecule has 0 aliphatic rings. The van der Waals surface area contributed by atoms with Crippen LogP contribution in [0.15, 0.2) is 23.4 Å². The van der Waals surface area contributed by atoms with Gasteiger partial charge in [0.1, 0.15) is 5.03 Å². The van der Waals surface area contributed by atoms with Crippen molar-refractivity contribution in [2.75, 3.05) is 6.54 Å². The van der Waals surface area contributed by atoms with E-state index < -0.39 is 0 Å². The quantitative estimate of drug-likeness (QED) is 0.838. The number of rotatable bonds is 5. The number of thioether (sulfide) groups is 1. The van der Waals surface area contributed by atoms with E-state index >= 15 is 0 Å². The number of hydrogen-bond donors (Lipinski definition) is 1. The van der Waals surface area contributed by atoms with Gasteiger partial charge in [0.15, 0.2) is 0 Å². The summed E-state index contributed by atoms with van der Waals surface area (Å²) in [5.74, 6) is 0.472. The standard InChI is InChI=1S/C12H17ClN2OS/c1-8(2)7-15-11(16)9(3)17-12-10(13)5-4-6-14-12/h4-6,8-9H,7H2,1-3H3,(H,15,16). The zero-order valence-corrected chi connectivity index (χ0v) is 11.8. The van der Waals surface area contributed by atoms with Gasteiger partial charge in [-0.15, -0.1) is 0 Å². The molecule has 1 aromatic heterocycles. The molecule has 0 fully saturated rings.